The molecule has 0 aliphatic carbocycles. The Hall–Kier alpha value is -2.59. The highest BCUT2D eigenvalue weighted by Gasteiger charge is 2.40. The molecule has 3 rings (SSSR count). The van der Waals surface area contributed by atoms with Crippen LogP contribution in [0.3, 0.4) is 0 Å². The number of methoxy groups -OCH3 is 1. The van der Waals surface area contributed by atoms with Crippen LogP contribution in [0.2, 0.25) is 5.02 Å². The lowest BCUT2D eigenvalue weighted by Crippen LogP contribution is -2.46. The van der Waals surface area contributed by atoms with Gasteiger partial charge < -0.3 is 15.0 Å². The van der Waals surface area contributed by atoms with E-state index in [1.165, 1.54) is 7.11 Å². The number of likely N-dealkylation sites (tertiary alicyclic amines) is 1. The van der Waals surface area contributed by atoms with Gasteiger partial charge in [0.2, 0.25) is 5.91 Å². The summed E-state index contributed by atoms with van der Waals surface area (Å²) in [5.74, 6) is 2.60. The van der Waals surface area contributed by atoms with Crippen molar-refractivity contribution in [3.8, 4) is 18.1 Å². The fourth-order valence-electron chi connectivity index (χ4n) is 3.46. The predicted octanol–water partition coefficient (Wildman–Crippen LogP) is 3.04. The summed E-state index contributed by atoms with van der Waals surface area (Å²) in [5, 5.41) is 11.5. The molecular weight excluding hydrogens is 380 g/mol. The molecule has 0 spiro atoms. The summed E-state index contributed by atoms with van der Waals surface area (Å²) in [4.78, 5) is 27.3. The number of benzene rings is 1. The quantitative estimate of drug-likeness (QED) is 0.678. The Morgan fingerprint density at radius 3 is 2.89 bits per heavy atom. The van der Waals surface area contributed by atoms with Gasteiger partial charge in [0.25, 0.3) is 5.91 Å². The van der Waals surface area contributed by atoms with Crippen LogP contribution in [0, 0.1) is 12.3 Å². The van der Waals surface area contributed by atoms with E-state index < -0.39 is 11.7 Å². The molecule has 0 saturated carbocycles. The molecule has 2 aliphatic rings. The van der Waals surface area contributed by atoms with Gasteiger partial charge in [-0.2, -0.15) is 10.2 Å². The number of amides is 2. The van der Waals surface area contributed by atoms with E-state index in [0.29, 0.717) is 55.1 Å². The largest absolute Gasteiger partial charge is 0.496 e. The first-order valence-electron chi connectivity index (χ1n) is 9.29. The zero-order chi connectivity index (χ0) is 20.1. The van der Waals surface area contributed by atoms with Gasteiger partial charge >= 0.3 is 0 Å². The molecule has 1 atom stereocenters. The molecule has 1 aromatic carbocycles. The van der Waals surface area contributed by atoms with Gasteiger partial charge in [0, 0.05) is 37.4 Å². The molecule has 1 fully saturated rings. The first-order valence-corrected chi connectivity index (χ1v) is 9.67. The average Bonchev–Trinajstić information content (AvgIpc) is 3.28. The molecule has 0 radical (unpaired) electrons. The molecule has 2 amide bonds. The molecule has 0 aromatic heterocycles. The standard InChI is InChI=1S/C20H23ClN4O3/c1-3-4-9-20(23-24-20)10-11-22-18(26)16-6-5-12-25(16)19(27)15-13-14(21)7-8-17(15)28-2/h1,7-8,13,16H,4-6,9-12H2,2H3,(H,22,26). The van der Waals surface area contributed by atoms with Crippen LogP contribution in [-0.2, 0) is 4.79 Å². The summed E-state index contributed by atoms with van der Waals surface area (Å²) < 4.78 is 5.28. The Morgan fingerprint density at radius 2 is 2.21 bits per heavy atom. The third kappa shape index (κ3) is 4.45. The number of carbonyl (C=O) groups is 2. The van der Waals surface area contributed by atoms with Gasteiger partial charge in [-0.15, -0.1) is 12.3 Å². The molecule has 1 unspecified atom stereocenters. The van der Waals surface area contributed by atoms with Crippen molar-refractivity contribution in [2.45, 2.75) is 43.8 Å². The normalized spacial score (nSPS) is 19.2. The van der Waals surface area contributed by atoms with Crippen LogP contribution in [0.4, 0.5) is 0 Å². The SMILES string of the molecule is C#CCCC1(CCNC(=O)C2CCCN2C(=O)c2cc(Cl)ccc2OC)N=N1. The Labute approximate surface area is 169 Å². The molecule has 148 valence electrons. The van der Waals surface area contributed by atoms with Gasteiger partial charge in [0.15, 0.2) is 5.66 Å². The molecule has 0 bridgehead atoms. The lowest BCUT2D eigenvalue weighted by atomic mass is 10.0. The highest BCUT2D eigenvalue weighted by molar-refractivity contribution is 6.31. The van der Waals surface area contributed by atoms with Crippen molar-refractivity contribution >= 4 is 23.4 Å². The number of ether oxygens (including phenoxy) is 1. The summed E-state index contributed by atoms with van der Waals surface area (Å²) in [6.07, 6.45) is 8.59. The summed E-state index contributed by atoms with van der Waals surface area (Å²) >= 11 is 6.04. The minimum absolute atomic E-state index is 0.167. The van der Waals surface area contributed by atoms with Gasteiger partial charge in [0.1, 0.15) is 11.8 Å². The third-order valence-electron chi connectivity index (χ3n) is 5.09. The van der Waals surface area contributed by atoms with Crippen molar-refractivity contribution in [2.75, 3.05) is 20.2 Å². The van der Waals surface area contributed by atoms with Gasteiger partial charge in [-0.25, -0.2) is 0 Å². The zero-order valence-corrected chi connectivity index (χ0v) is 16.5. The number of hydrogen-bond acceptors (Lipinski definition) is 5. The van der Waals surface area contributed by atoms with E-state index >= 15 is 0 Å². The Kier molecular flexibility index (Phi) is 6.20. The van der Waals surface area contributed by atoms with E-state index in [4.69, 9.17) is 22.8 Å². The number of carbonyl (C=O) groups excluding carboxylic acids is 2. The number of terminal acetylenes is 1. The molecule has 7 nitrogen and oxygen atoms in total. The fourth-order valence-corrected chi connectivity index (χ4v) is 3.63. The zero-order valence-electron chi connectivity index (χ0n) is 15.8. The number of rotatable bonds is 8. The van der Waals surface area contributed by atoms with E-state index in [2.05, 4.69) is 21.5 Å². The van der Waals surface area contributed by atoms with Crippen molar-refractivity contribution in [3.05, 3.63) is 28.8 Å². The second kappa shape index (κ2) is 8.61. The molecule has 1 N–H and O–H groups in total. The predicted molar refractivity (Wildman–Crippen MR) is 105 cm³/mol. The van der Waals surface area contributed by atoms with E-state index in [1.54, 1.807) is 23.1 Å². The molecule has 2 aliphatic heterocycles. The lowest BCUT2D eigenvalue weighted by molar-refractivity contribution is -0.124. The van der Waals surface area contributed by atoms with Crippen LogP contribution in [0.15, 0.2) is 28.4 Å². The van der Waals surface area contributed by atoms with Crippen LogP contribution in [0.1, 0.15) is 42.5 Å². The second-order valence-electron chi connectivity index (χ2n) is 6.93. The van der Waals surface area contributed by atoms with E-state index in [0.717, 1.165) is 6.42 Å². The van der Waals surface area contributed by atoms with Gasteiger partial charge in [-0.3, -0.25) is 9.59 Å². The third-order valence-corrected chi connectivity index (χ3v) is 5.32. The Bertz CT molecular complexity index is 827. The maximum atomic E-state index is 13.0. The molecule has 8 heteroatoms. The Morgan fingerprint density at radius 1 is 1.43 bits per heavy atom. The van der Waals surface area contributed by atoms with Gasteiger partial charge in [-0.05, 0) is 31.0 Å². The second-order valence-corrected chi connectivity index (χ2v) is 7.37. The van der Waals surface area contributed by atoms with Crippen LogP contribution in [0.5, 0.6) is 5.75 Å². The first-order chi connectivity index (χ1) is 13.5. The molecular formula is C20H23ClN4O3. The maximum Gasteiger partial charge on any atom is 0.258 e. The summed E-state index contributed by atoms with van der Waals surface area (Å²) in [6, 6.07) is 4.38. The van der Waals surface area contributed by atoms with Gasteiger partial charge in [-0.1, -0.05) is 11.6 Å². The number of nitrogens with zero attached hydrogens (tertiary/aromatic N) is 3. The van der Waals surface area contributed by atoms with Crippen LogP contribution in [0.25, 0.3) is 0 Å². The smallest absolute Gasteiger partial charge is 0.258 e. The van der Waals surface area contributed by atoms with E-state index in [1.807, 2.05) is 0 Å². The Balaban J connectivity index is 1.60. The fraction of sp³-hybridized carbons (Fsp3) is 0.500. The summed E-state index contributed by atoms with van der Waals surface area (Å²) in [7, 11) is 1.50. The van der Waals surface area contributed by atoms with E-state index in [-0.39, 0.29) is 11.8 Å². The molecule has 1 aromatic rings. The van der Waals surface area contributed by atoms with Gasteiger partial charge in [0.05, 0.1) is 12.7 Å². The maximum absolute atomic E-state index is 13.0. The minimum atomic E-state index is -0.508. The van der Waals surface area contributed by atoms with Crippen molar-refractivity contribution in [1.82, 2.24) is 10.2 Å². The van der Waals surface area contributed by atoms with Crippen LogP contribution < -0.4 is 10.1 Å². The van der Waals surface area contributed by atoms with E-state index in [9.17, 15) is 9.59 Å². The molecule has 28 heavy (non-hydrogen) atoms. The first kappa shape index (κ1) is 20.2. The van der Waals surface area contributed by atoms with Crippen molar-refractivity contribution in [1.29, 1.82) is 0 Å². The molecule has 2 heterocycles. The monoisotopic (exact) mass is 402 g/mol. The number of hydrogen-bond donors (Lipinski definition) is 1. The van der Waals surface area contributed by atoms with Crippen LogP contribution >= 0.6 is 11.6 Å². The average molecular weight is 403 g/mol. The number of halogens is 1. The molecule has 1 saturated heterocycles. The lowest BCUT2D eigenvalue weighted by Gasteiger charge is -2.25. The van der Waals surface area contributed by atoms with Crippen LogP contribution in [-0.4, -0.2) is 48.6 Å². The summed E-state index contributed by atoms with van der Waals surface area (Å²) in [5.41, 5.74) is -0.0718. The van der Waals surface area contributed by atoms with Crippen molar-refractivity contribution < 1.29 is 14.3 Å². The highest BCUT2D eigenvalue weighted by atomic mass is 35.5. The van der Waals surface area contributed by atoms with Crippen molar-refractivity contribution in [3.63, 3.8) is 0 Å². The highest BCUT2D eigenvalue weighted by Crippen LogP contribution is 2.36. The minimum Gasteiger partial charge on any atom is -0.496 e. The van der Waals surface area contributed by atoms with Crippen molar-refractivity contribution in [2.24, 2.45) is 10.2 Å². The number of nitrogens with one attached hydrogen (secondary N) is 1. The topological polar surface area (TPSA) is 83.4 Å². The summed E-state index contributed by atoms with van der Waals surface area (Å²) in [6.45, 7) is 0.957.